The zero-order chi connectivity index (χ0) is 16.1. The van der Waals surface area contributed by atoms with Crippen molar-refractivity contribution in [3.8, 4) is 0 Å². The van der Waals surface area contributed by atoms with Crippen molar-refractivity contribution >= 4 is 5.96 Å². The van der Waals surface area contributed by atoms with Crippen molar-refractivity contribution in [3.05, 3.63) is 65.0 Å². The summed E-state index contributed by atoms with van der Waals surface area (Å²) in [6, 6.07) is 14.8. The summed E-state index contributed by atoms with van der Waals surface area (Å²) in [4.78, 5) is 11.7. The lowest BCUT2D eigenvalue weighted by Gasteiger charge is -2.31. The fraction of sp³-hybridized carbons (Fsp3) is 0.368. The second-order valence-corrected chi connectivity index (χ2v) is 5.88. The Kier molecular flexibility index (Phi) is 4.91. The average Bonchev–Trinajstić information content (AvgIpc) is 2.58. The van der Waals surface area contributed by atoms with Crippen molar-refractivity contribution in [1.82, 2.24) is 15.2 Å². The van der Waals surface area contributed by atoms with Crippen molar-refractivity contribution in [2.45, 2.75) is 33.4 Å². The van der Waals surface area contributed by atoms with Crippen molar-refractivity contribution in [2.75, 3.05) is 13.1 Å². The van der Waals surface area contributed by atoms with E-state index in [1.54, 1.807) is 0 Å². The molecule has 0 fully saturated rings. The molecule has 0 spiro atoms. The molecule has 1 aliphatic rings. The van der Waals surface area contributed by atoms with Gasteiger partial charge in [-0.3, -0.25) is 4.98 Å². The van der Waals surface area contributed by atoms with Gasteiger partial charge in [-0.2, -0.15) is 0 Å². The predicted molar refractivity (Wildman–Crippen MR) is 94.3 cm³/mol. The second-order valence-electron chi connectivity index (χ2n) is 5.88. The van der Waals surface area contributed by atoms with Gasteiger partial charge in [-0.1, -0.05) is 30.3 Å². The molecule has 1 aromatic heterocycles. The number of benzene rings is 1. The number of pyridine rings is 1. The number of fused-ring (bicyclic) bond motifs is 1. The number of nitrogens with one attached hydrogen (secondary N) is 1. The summed E-state index contributed by atoms with van der Waals surface area (Å²) in [5.74, 6) is 0.977. The summed E-state index contributed by atoms with van der Waals surface area (Å²) in [5, 5.41) is 3.42. The summed E-state index contributed by atoms with van der Waals surface area (Å²) in [7, 11) is 0. The molecule has 1 aromatic carbocycles. The number of hydrogen-bond acceptors (Lipinski definition) is 2. The average molecular weight is 308 g/mol. The van der Waals surface area contributed by atoms with Crippen LogP contribution in [0.25, 0.3) is 0 Å². The molecule has 0 aliphatic carbocycles. The largest absolute Gasteiger partial charge is 0.356 e. The maximum Gasteiger partial charge on any atom is 0.194 e. The predicted octanol–water partition coefficient (Wildman–Crippen LogP) is 2.91. The number of nitrogens with zero attached hydrogens (tertiary/aromatic N) is 3. The zero-order valence-electron chi connectivity index (χ0n) is 13.9. The van der Waals surface area contributed by atoms with E-state index >= 15 is 0 Å². The standard InChI is InChI=1S/C19H24N4/c1-3-20-19(21-13-18-10-6-7-15(2)22-18)23-12-11-16-8-4-5-9-17(16)14-23/h4-10H,3,11-14H2,1-2H3,(H,20,21). The number of aryl methyl sites for hydroxylation is 1. The second kappa shape index (κ2) is 7.27. The van der Waals surface area contributed by atoms with Crippen LogP contribution in [-0.2, 0) is 19.5 Å². The van der Waals surface area contributed by atoms with Gasteiger partial charge in [0.2, 0.25) is 0 Å². The van der Waals surface area contributed by atoms with Crippen LogP contribution < -0.4 is 5.32 Å². The first-order valence-corrected chi connectivity index (χ1v) is 8.29. The van der Waals surface area contributed by atoms with Crippen LogP contribution in [0.3, 0.4) is 0 Å². The quantitative estimate of drug-likeness (QED) is 0.700. The van der Waals surface area contributed by atoms with E-state index in [0.29, 0.717) is 6.54 Å². The first kappa shape index (κ1) is 15.5. The first-order valence-electron chi connectivity index (χ1n) is 8.29. The van der Waals surface area contributed by atoms with Gasteiger partial charge < -0.3 is 10.2 Å². The molecule has 1 N–H and O–H groups in total. The van der Waals surface area contributed by atoms with Gasteiger partial charge in [0.15, 0.2) is 5.96 Å². The summed E-state index contributed by atoms with van der Waals surface area (Å²) in [6.45, 7) is 7.53. The van der Waals surface area contributed by atoms with Crippen LogP contribution in [-0.4, -0.2) is 28.9 Å². The van der Waals surface area contributed by atoms with E-state index in [0.717, 1.165) is 43.4 Å². The van der Waals surface area contributed by atoms with Crippen molar-refractivity contribution < 1.29 is 0 Å². The molecular weight excluding hydrogens is 284 g/mol. The third kappa shape index (κ3) is 3.89. The number of rotatable bonds is 3. The maximum atomic E-state index is 4.79. The molecule has 4 heteroatoms. The van der Waals surface area contributed by atoms with Crippen molar-refractivity contribution in [3.63, 3.8) is 0 Å². The Labute approximate surface area is 138 Å². The van der Waals surface area contributed by atoms with Gasteiger partial charge >= 0.3 is 0 Å². The Balaban J connectivity index is 1.75. The topological polar surface area (TPSA) is 40.5 Å². The highest BCUT2D eigenvalue weighted by Gasteiger charge is 2.18. The van der Waals surface area contributed by atoms with Gasteiger partial charge in [0.1, 0.15) is 0 Å². The van der Waals surface area contributed by atoms with E-state index in [1.165, 1.54) is 11.1 Å². The van der Waals surface area contributed by atoms with Gasteiger partial charge in [0, 0.05) is 25.3 Å². The molecule has 0 unspecified atom stereocenters. The SMILES string of the molecule is CCNC(=NCc1cccc(C)n1)N1CCc2ccccc2C1. The minimum Gasteiger partial charge on any atom is -0.356 e. The van der Waals surface area contributed by atoms with Gasteiger partial charge in [-0.15, -0.1) is 0 Å². The van der Waals surface area contributed by atoms with E-state index in [9.17, 15) is 0 Å². The molecule has 0 radical (unpaired) electrons. The lowest BCUT2D eigenvalue weighted by molar-refractivity contribution is 0.378. The highest BCUT2D eigenvalue weighted by atomic mass is 15.3. The first-order chi connectivity index (χ1) is 11.3. The summed E-state index contributed by atoms with van der Waals surface area (Å²) in [6.07, 6.45) is 1.07. The summed E-state index contributed by atoms with van der Waals surface area (Å²) in [5.41, 5.74) is 4.91. The van der Waals surface area contributed by atoms with Gasteiger partial charge in [-0.25, -0.2) is 4.99 Å². The Morgan fingerprint density at radius 2 is 2.00 bits per heavy atom. The monoisotopic (exact) mass is 308 g/mol. The number of aliphatic imine (C=N–C) groups is 1. The maximum absolute atomic E-state index is 4.79. The van der Waals surface area contributed by atoms with Crippen LogP contribution in [0.1, 0.15) is 29.4 Å². The highest BCUT2D eigenvalue weighted by Crippen LogP contribution is 2.18. The molecule has 1 aliphatic heterocycles. The van der Waals surface area contributed by atoms with E-state index in [1.807, 2.05) is 25.1 Å². The van der Waals surface area contributed by atoms with Crippen molar-refractivity contribution in [1.29, 1.82) is 0 Å². The van der Waals surface area contributed by atoms with E-state index in [2.05, 4.69) is 46.4 Å². The number of aromatic nitrogens is 1. The normalized spacial score (nSPS) is 14.5. The molecule has 0 amide bonds. The fourth-order valence-electron chi connectivity index (χ4n) is 2.95. The molecule has 0 saturated heterocycles. The van der Waals surface area contributed by atoms with Crippen LogP contribution in [0, 0.1) is 6.92 Å². The Bertz CT molecular complexity index is 693. The molecule has 0 bridgehead atoms. The Morgan fingerprint density at radius 1 is 1.17 bits per heavy atom. The third-order valence-corrected chi connectivity index (χ3v) is 4.10. The molecule has 3 rings (SSSR count). The van der Waals surface area contributed by atoms with Gasteiger partial charge in [0.05, 0.1) is 12.2 Å². The minimum absolute atomic E-state index is 0.613. The van der Waals surface area contributed by atoms with E-state index in [-0.39, 0.29) is 0 Å². The molecule has 4 nitrogen and oxygen atoms in total. The molecule has 120 valence electrons. The molecule has 2 aromatic rings. The van der Waals surface area contributed by atoms with Crippen LogP contribution in [0.4, 0.5) is 0 Å². The Hall–Kier alpha value is -2.36. The number of guanidine groups is 1. The van der Waals surface area contributed by atoms with E-state index < -0.39 is 0 Å². The van der Waals surface area contributed by atoms with Gasteiger partial charge in [0.25, 0.3) is 0 Å². The smallest absolute Gasteiger partial charge is 0.194 e. The van der Waals surface area contributed by atoms with Crippen LogP contribution in [0.2, 0.25) is 0 Å². The van der Waals surface area contributed by atoms with Crippen molar-refractivity contribution in [2.24, 2.45) is 4.99 Å². The molecule has 2 heterocycles. The molecule has 0 atom stereocenters. The lowest BCUT2D eigenvalue weighted by Crippen LogP contribution is -2.44. The third-order valence-electron chi connectivity index (χ3n) is 4.10. The molecule has 0 saturated carbocycles. The summed E-state index contributed by atoms with van der Waals surface area (Å²) >= 11 is 0. The Morgan fingerprint density at radius 3 is 2.78 bits per heavy atom. The van der Waals surface area contributed by atoms with Crippen LogP contribution in [0.5, 0.6) is 0 Å². The fourth-order valence-corrected chi connectivity index (χ4v) is 2.95. The van der Waals surface area contributed by atoms with E-state index in [4.69, 9.17) is 4.99 Å². The molecular formula is C19H24N4. The minimum atomic E-state index is 0.613. The number of hydrogen-bond donors (Lipinski definition) is 1. The van der Waals surface area contributed by atoms with Crippen LogP contribution >= 0.6 is 0 Å². The zero-order valence-corrected chi connectivity index (χ0v) is 13.9. The molecule has 23 heavy (non-hydrogen) atoms. The van der Waals surface area contributed by atoms with Gasteiger partial charge in [-0.05, 0) is 43.5 Å². The highest BCUT2D eigenvalue weighted by molar-refractivity contribution is 5.80. The lowest BCUT2D eigenvalue weighted by atomic mass is 10.0. The van der Waals surface area contributed by atoms with Crippen LogP contribution in [0.15, 0.2) is 47.5 Å². The summed E-state index contributed by atoms with van der Waals surface area (Å²) < 4.78 is 0.